The number of ether oxygens (including phenoxy) is 5. The molecule has 52 heavy (non-hydrogen) atoms. The highest BCUT2D eigenvalue weighted by molar-refractivity contribution is 5.96. The highest BCUT2D eigenvalue weighted by Gasteiger charge is 2.61. The molecule has 0 bridgehead atoms. The first-order valence-corrected chi connectivity index (χ1v) is 17.2. The number of alkyl carbamates (subject to hydrolysis) is 1. The SMILES string of the molecule is C=C[C@@H]1C[C@]1(NC(=O)[C@@H]1C[C@@H](Oc2cc(-c3ccc4c(c3)OCO4)nc3cc(OC)ccc23)CN1C(=O)[C@@H](NC(=O)OC(C)(C)C)C(C)C)C(=O)O. The Kier molecular flexibility index (Phi) is 9.69. The minimum Gasteiger partial charge on any atom is -0.497 e. The van der Waals surface area contributed by atoms with Gasteiger partial charge in [-0.3, -0.25) is 9.59 Å². The fraction of sp³-hybridized carbons (Fsp3) is 0.447. The van der Waals surface area contributed by atoms with Gasteiger partial charge in [-0.25, -0.2) is 14.6 Å². The van der Waals surface area contributed by atoms with Gasteiger partial charge in [-0.05, 0) is 63.4 Å². The van der Waals surface area contributed by atoms with Crippen molar-refractivity contribution in [2.45, 2.75) is 76.8 Å². The van der Waals surface area contributed by atoms with Gasteiger partial charge in [-0.2, -0.15) is 0 Å². The van der Waals surface area contributed by atoms with E-state index in [1.165, 1.54) is 11.0 Å². The van der Waals surface area contributed by atoms with Crippen molar-refractivity contribution >= 4 is 34.8 Å². The van der Waals surface area contributed by atoms with E-state index in [-0.39, 0.29) is 32.1 Å². The van der Waals surface area contributed by atoms with Crippen molar-refractivity contribution in [3.8, 4) is 34.3 Å². The molecule has 3 heterocycles. The standard InChI is InChI=1S/C38H44N4O10/c1-8-22-17-38(22,35(45)46)41-33(43)28-15-24(18-42(28)34(44)32(20(2)3)40-36(47)52-37(4,5)6)51-30-16-26(21-9-12-29-31(13-21)50-19-49-29)39-27-14-23(48-7)10-11-25(27)30/h8-14,16,20,22,24,28,32H,1,15,17-19H2,2-7H3,(H,40,47)(H,41,43)(H,45,46)/t22-,24-,28+,32+,38-/m1/s1. The second-order valence-corrected chi connectivity index (χ2v) is 14.6. The van der Waals surface area contributed by atoms with Crippen LogP contribution in [0.5, 0.6) is 23.0 Å². The Labute approximate surface area is 301 Å². The van der Waals surface area contributed by atoms with Crippen LogP contribution < -0.4 is 29.6 Å². The number of carboxylic acid groups (broad SMARTS) is 1. The summed E-state index contributed by atoms with van der Waals surface area (Å²) in [5.74, 6) is -0.958. The van der Waals surface area contributed by atoms with E-state index in [1.54, 1.807) is 66.0 Å². The lowest BCUT2D eigenvalue weighted by Gasteiger charge is -2.31. The van der Waals surface area contributed by atoms with E-state index in [4.69, 9.17) is 28.7 Å². The third-order valence-electron chi connectivity index (χ3n) is 9.42. The number of nitrogens with one attached hydrogen (secondary N) is 2. The Hall–Kier alpha value is -5.53. The molecule has 5 atom stereocenters. The molecule has 0 radical (unpaired) electrons. The molecule has 0 unspecified atom stereocenters. The van der Waals surface area contributed by atoms with E-state index in [1.807, 2.05) is 18.2 Å². The van der Waals surface area contributed by atoms with E-state index < -0.39 is 59.1 Å². The maximum atomic E-state index is 14.3. The van der Waals surface area contributed by atoms with Crippen molar-refractivity contribution < 1.29 is 48.0 Å². The molecule has 1 aromatic heterocycles. The van der Waals surface area contributed by atoms with Gasteiger partial charge in [-0.1, -0.05) is 19.9 Å². The summed E-state index contributed by atoms with van der Waals surface area (Å²) in [5.41, 5.74) is -0.426. The molecule has 6 rings (SSSR count). The van der Waals surface area contributed by atoms with E-state index in [0.29, 0.717) is 39.6 Å². The molecule has 1 saturated heterocycles. The lowest BCUT2D eigenvalue weighted by Crippen LogP contribution is -2.57. The minimum atomic E-state index is -1.52. The number of fused-ring (bicyclic) bond motifs is 2. The molecule has 2 aromatic carbocycles. The van der Waals surface area contributed by atoms with Crippen LogP contribution >= 0.6 is 0 Å². The molecule has 14 nitrogen and oxygen atoms in total. The zero-order valence-corrected chi connectivity index (χ0v) is 30.1. The molecule has 14 heteroatoms. The molecule has 2 fully saturated rings. The summed E-state index contributed by atoms with van der Waals surface area (Å²) in [4.78, 5) is 59.6. The molecule has 2 aliphatic heterocycles. The van der Waals surface area contributed by atoms with Crippen molar-refractivity contribution in [1.82, 2.24) is 20.5 Å². The van der Waals surface area contributed by atoms with E-state index >= 15 is 0 Å². The van der Waals surface area contributed by atoms with E-state index in [0.717, 1.165) is 5.56 Å². The monoisotopic (exact) mass is 716 g/mol. The normalized spacial score (nSPS) is 22.4. The molecule has 276 valence electrons. The number of rotatable bonds is 11. The lowest BCUT2D eigenvalue weighted by molar-refractivity contribution is -0.146. The molecule has 3 amide bonds. The van der Waals surface area contributed by atoms with Crippen LogP contribution in [0.1, 0.15) is 47.5 Å². The predicted octanol–water partition coefficient (Wildman–Crippen LogP) is 4.68. The first-order valence-electron chi connectivity index (χ1n) is 17.2. The Morgan fingerprint density at radius 3 is 2.50 bits per heavy atom. The number of nitrogens with zero attached hydrogens (tertiary/aromatic N) is 2. The number of carbonyl (C=O) groups excluding carboxylic acids is 3. The van der Waals surface area contributed by atoms with Crippen molar-refractivity contribution in [2.75, 3.05) is 20.4 Å². The van der Waals surface area contributed by atoms with Gasteiger partial charge in [0.05, 0.1) is 24.9 Å². The number of benzene rings is 2. The van der Waals surface area contributed by atoms with Gasteiger partial charge in [0.15, 0.2) is 11.5 Å². The van der Waals surface area contributed by atoms with E-state index in [2.05, 4.69) is 17.2 Å². The second kappa shape index (κ2) is 13.9. The van der Waals surface area contributed by atoms with Gasteiger partial charge in [0.1, 0.15) is 40.8 Å². The van der Waals surface area contributed by atoms with Gasteiger partial charge in [0.25, 0.3) is 0 Å². The molecule has 0 spiro atoms. The topological polar surface area (TPSA) is 175 Å². The number of hydrogen-bond donors (Lipinski definition) is 3. The third-order valence-corrected chi connectivity index (χ3v) is 9.42. The first-order chi connectivity index (χ1) is 24.6. The molecule has 1 saturated carbocycles. The van der Waals surface area contributed by atoms with Gasteiger partial charge < -0.3 is 44.3 Å². The fourth-order valence-electron chi connectivity index (χ4n) is 6.60. The largest absolute Gasteiger partial charge is 0.497 e. The van der Waals surface area contributed by atoms with Crippen LogP contribution in [-0.2, 0) is 19.1 Å². The quantitative estimate of drug-likeness (QED) is 0.235. The maximum absolute atomic E-state index is 14.3. The van der Waals surface area contributed by atoms with Crippen molar-refractivity contribution in [1.29, 1.82) is 0 Å². The zero-order chi connectivity index (χ0) is 37.5. The Morgan fingerprint density at radius 2 is 1.85 bits per heavy atom. The summed E-state index contributed by atoms with van der Waals surface area (Å²) in [6, 6.07) is 10.5. The molecule has 3 aliphatic rings. The molecule has 3 N–H and O–H groups in total. The highest BCUT2D eigenvalue weighted by atomic mass is 16.7. The fourth-order valence-corrected chi connectivity index (χ4v) is 6.60. The zero-order valence-electron chi connectivity index (χ0n) is 30.1. The summed E-state index contributed by atoms with van der Waals surface area (Å²) in [6.45, 7) is 12.5. The maximum Gasteiger partial charge on any atom is 0.408 e. The Balaban J connectivity index is 1.34. The van der Waals surface area contributed by atoms with Gasteiger partial charge >= 0.3 is 12.1 Å². The van der Waals surface area contributed by atoms with Crippen LogP contribution in [0.3, 0.4) is 0 Å². The average Bonchev–Trinajstić information content (AvgIpc) is 3.37. The van der Waals surface area contributed by atoms with Crippen LogP contribution in [0.25, 0.3) is 22.2 Å². The number of aromatic nitrogens is 1. The first kappa shape index (κ1) is 36.3. The highest BCUT2D eigenvalue weighted by Crippen LogP contribution is 2.45. The van der Waals surface area contributed by atoms with Crippen molar-refractivity contribution in [2.24, 2.45) is 11.8 Å². The third kappa shape index (κ3) is 7.28. The van der Waals surface area contributed by atoms with Crippen LogP contribution in [0.2, 0.25) is 0 Å². The van der Waals surface area contributed by atoms with Crippen LogP contribution in [-0.4, -0.2) is 88.6 Å². The summed E-state index contributed by atoms with van der Waals surface area (Å²) in [6.07, 6.45) is 0.240. The average molecular weight is 717 g/mol. The lowest BCUT2D eigenvalue weighted by atomic mass is 10.0. The number of carboxylic acids is 1. The van der Waals surface area contributed by atoms with Crippen LogP contribution in [0.4, 0.5) is 4.79 Å². The minimum absolute atomic E-state index is 0.0274. The number of hydrogen-bond acceptors (Lipinski definition) is 10. The predicted molar refractivity (Wildman–Crippen MR) is 189 cm³/mol. The summed E-state index contributed by atoms with van der Waals surface area (Å²) in [7, 11) is 1.56. The molecule has 1 aliphatic carbocycles. The summed E-state index contributed by atoms with van der Waals surface area (Å²) >= 11 is 0. The number of carbonyl (C=O) groups is 4. The van der Waals surface area contributed by atoms with Gasteiger partial charge in [0.2, 0.25) is 18.6 Å². The number of likely N-dealkylation sites (tertiary alicyclic amines) is 1. The number of pyridine rings is 1. The number of amides is 3. The second-order valence-electron chi connectivity index (χ2n) is 14.6. The van der Waals surface area contributed by atoms with Crippen LogP contribution in [0.15, 0.2) is 55.1 Å². The molecule has 3 aromatic rings. The van der Waals surface area contributed by atoms with Crippen molar-refractivity contribution in [3.63, 3.8) is 0 Å². The summed E-state index contributed by atoms with van der Waals surface area (Å²) in [5, 5.41) is 16.1. The van der Waals surface area contributed by atoms with Gasteiger partial charge in [0, 0.05) is 35.4 Å². The summed E-state index contributed by atoms with van der Waals surface area (Å²) < 4.78 is 28.6. The smallest absolute Gasteiger partial charge is 0.408 e. The Bertz CT molecular complexity index is 1920. The number of methoxy groups -OCH3 is 1. The van der Waals surface area contributed by atoms with Gasteiger partial charge in [-0.15, -0.1) is 6.58 Å². The molecular weight excluding hydrogens is 672 g/mol. The number of aliphatic carboxylic acids is 1. The Morgan fingerprint density at radius 1 is 1.10 bits per heavy atom. The van der Waals surface area contributed by atoms with Crippen LogP contribution in [0, 0.1) is 11.8 Å². The van der Waals surface area contributed by atoms with E-state index in [9.17, 15) is 24.3 Å². The molecular formula is C38H44N4O10. The van der Waals surface area contributed by atoms with Crippen molar-refractivity contribution in [3.05, 3.63) is 55.1 Å².